The standard InChI is InChI=1S/C11H22N2O3/c1-7(2)5-8(6-12)9(14)13-11(3,4)10(15)16/h7-8H,5-6,12H2,1-4H3,(H,13,14)(H,15,16). The van der Waals surface area contributed by atoms with Gasteiger partial charge in [-0.25, -0.2) is 4.79 Å². The molecule has 94 valence electrons. The first-order valence-electron chi connectivity index (χ1n) is 5.46. The van der Waals surface area contributed by atoms with Crippen LogP contribution in [0, 0.1) is 11.8 Å². The van der Waals surface area contributed by atoms with Crippen molar-refractivity contribution in [2.75, 3.05) is 6.54 Å². The number of carbonyl (C=O) groups excluding carboxylic acids is 1. The number of nitrogens with two attached hydrogens (primary N) is 1. The maximum Gasteiger partial charge on any atom is 0.328 e. The van der Waals surface area contributed by atoms with Crippen molar-refractivity contribution in [2.45, 2.75) is 39.7 Å². The molecule has 0 aliphatic heterocycles. The van der Waals surface area contributed by atoms with Crippen LogP contribution in [0.5, 0.6) is 0 Å². The molecule has 0 saturated heterocycles. The van der Waals surface area contributed by atoms with Crippen molar-refractivity contribution in [1.82, 2.24) is 5.32 Å². The number of carbonyl (C=O) groups is 2. The molecule has 0 bridgehead atoms. The maximum atomic E-state index is 11.8. The van der Waals surface area contributed by atoms with E-state index < -0.39 is 11.5 Å². The normalized spacial score (nSPS) is 13.6. The molecule has 0 aromatic carbocycles. The number of carboxylic acids is 1. The van der Waals surface area contributed by atoms with Crippen molar-refractivity contribution in [2.24, 2.45) is 17.6 Å². The van der Waals surface area contributed by atoms with E-state index >= 15 is 0 Å². The highest BCUT2D eigenvalue weighted by Crippen LogP contribution is 2.12. The van der Waals surface area contributed by atoms with Crippen molar-refractivity contribution in [3.8, 4) is 0 Å². The minimum atomic E-state index is -1.25. The van der Waals surface area contributed by atoms with Crippen molar-refractivity contribution in [3.05, 3.63) is 0 Å². The molecule has 0 aromatic heterocycles. The van der Waals surface area contributed by atoms with Gasteiger partial charge in [0.25, 0.3) is 0 Å². The summed E-state index contributed by atoms with van der Waals surface area (Å²) in [6.45, 7) is 7.14. The molecule has 0 saturated carbocycles. The van der Waals surface area contributed by atoms with Crippen molar-refractivity contribution in [1.29, 1.82) is 0 Å². The summed E-state index contributed by atoms with van der Waals surface area (Å²) in [7, 11) is 0. The van der Waals surface area contributed by atoms with Crippen LogP contribution in [0.4, 0.5) is 0 Å². The van der Waals surface area contributed by atoms with Crippen LogP contribution < -0.4 is 11.1 Å². The predicted molar refractivity (Wildman–Crippen MR) is 61.9 cm³/mol. The number of rotatable bonds is 6. The molecule has 0 radical (unpaired) electrons. The number of nitrogens with one attached hydrogen (secondary N) is 1. The van der Waals surface area contributed by atoms with Crippen LogP contribution in [-0.2, 0) is 9.59 Å². The lowest BCUT2D eigenvalue weighted by Gasteiger charge is -2.25. The molecule has 0 fully saturated rings. The molecule has 5 nitrogen and oxygen atoms in total. The molecule has 0 aromatic rings. The van der Waals surface area contributed by atoms with E-state index in [4.69, 9.17) is 10.8 Å². The Hall–Kier alpha value is -1.10. The van der Waals surface area contributed by atoms with Gasteiger partial charge < -0.3 is 16.2 Å². The third-order valence-corrected chi connectivity index (χ3v) is 2.38. The molecular formula is C11H22N2O3. The molecule has 5 heteroatoms. The lowest BCUT2D eigenvalue weighted by Crippen LogP contribution is -2.52. The third-order valence-electron chi connectivity index (χ3n) is 2.38. The van der Waals surface area contributed by atoms with E-state index in [1.165, 1.54) is 13.8 Å². The zero-order valence-corrected chi connectivity index (χ0v) is 10.4. The lowest BCUT2D eigenvalue weighted by atomic mass is 9.95. The van der Waals surface area contributed by atoms with Gasteiger partial charge in [-0.3, -0.25) is 4.79 Å². The molecule has 0 heterocycles. The molecule has 0 rings (SSSR count). The van der Waals surface area contributed by atoms with E-state index in [1.54, 1.807) is 0 Å². The highest BCUT2D eigenvalue weighted by atomic mass is 16.4. The van der Waals surface area contributed by atoms with Crippen LogP contribution in [0.15, 0.2) is 0 Å². The molecule has 0 spiro atoms. The van der Waals surface area contributed by atoms with Crippen LogP contribution in [-0.4, -0.2) is 29.1 Å². The van der Waals surface area contributed by atoms with E-state index in [2.05, 4.69) is 5.32 Å². The Morgan fingerprint density at radius 1 is 1.38 bits per heavy atom. The molecule has 4 N–H and O–H groups in total. The topological polar surface area (TPSA) is 92.4 Å². The van der Waals surface area contributed by atoms with E-state index in [0.717, 1.165) is 0 Å². The predicted octanol–water partition coefficient (Wildman–Crippen LogP) is 0.587. The number of hydrogen-bond donors (Lipinski definition) is 3. The smallest absolute Gasteiger partial charge is 0.328 e. The Labute approximate surface area is 96.4 Å². The largest absolute Gasteiger partial charge is 0.480 e. The van der Waals surface area contributed by atoms with E-state index in [-0.39, 0.29) is 18.4 Å². The third kappa shape index (κ3) is 4.61. The van der Waals surface area contributed by atoms with E-state index in [0.29, 0.717) is 12.3 Å². The second kappa shape index (κ2) is 5.84. The molecule has 0 aliphatic carbocycles. The summed E-state index contributed by atoms with van der Waals surface area (Å²) in [4.78, 5) is 22.6. The monoisotopic (exact) mass is 230 g/mol. The fourth-order valence-corrected chi connectivity index (χ4v) is 1.34. The zero-order valence-electron chi connectivity index (χ0n) is 10.4. The molecule has 16 heavy (non-hydrogen) atoms. The second-order valence-electron chi connectivity index (χ2n) is 4.98. The first-order chi connectivity index (χ1) is 7.20. The average Bonchev–Trinajstić information content (AvgIpc) is 2.12. The molecule has 1 amide bonds. The summed E-state index contributed by atoms with van der Waals surface area (Å²) in [6.07, 6.45) is 0.665. The van der Waals surface area contributed by atoms with Gasteiger partial charge in [0.1, 0.15) is 5.54 Å². The van der Waals surface area contributed by atoms with Gasteiger partial charge in [0.2, 0.25) is 5.91 Å². The van der Waals surface area contributed by atoms with Gasteiger partial charge in [-0.1, -0.05) is 13.8 Å². The fraction of sp³-hybridized carbons (Fsp3) is 0.818. The Morgan fingerprint density at radius 2 is 1.88 bits per heavy atom. The van der Waals surface area contributed by atoms with Gasteiger partial charge in [-0.2, -0.15) is 0 Å². The van der Waals surface area contributed by atoms with Gasteiger partial charge >= 0.3 is 5.97 Å². The highest BCUT2D eigenvalue weighted by Gasteiger charge is 2.31. The first-order valence-corrected chi connectivity index (χ1v) is 5.46. The van der Waals surface area contributed by atoms with Gasteiger partial charge in [0, 0.05) is 6.54 Å². The fourth-order valence-electron chi connectivity index (χ4n) is 1.34. The first kappa shape index (κ1) is 14.9. The van der Waals surface area contributed by atoms with Crippen LogP contribution in [0.1, 0.15) is 34.1 Å². The van der Waals surface area contributed by atoms with Crippen molar-refractivity contribution in [3.63, 3.8) is 0 Å². The quantitative estimate of drug-likeness (QED) is 0.622. The van der Waals surface area contributed by atoms with Crippen LogP contribution in [0.3, 0.4) is 0 Å². The number of carboxylic acid groups (broad SMARTS) is 1. The maximum absolute atomic E-state index is 11.8. The van der Waals surface area contributed by atoms with Crippen molar-refractivity contribution < 1.29 is 14.7 Å². The Bertz CT molecular complexity index is 262. The minimum absolute atomic E-state index is 0.236. The Kier molecular flexibility index (Phi) is 5.44. The van der Waals surface area contributed by atoms with Gasteiger partial charge in [0.15, 0.2) is 0 Å². The summed E-state index contributed by atoms with van der Waals surface area (Å²) >= 11 is 0. The number of hydrogen-bond acceptors (Lipinski definition) is 3. The molecule has 1 atom stereocenters. The zero-order chi connectivity index (χ0) is 12.9. The average molecular weight is 230 g/mol. The summed E-state index contributed by atoms with van der Waals surface area (Å²) < 4.78 is 0. The number of aliphatic carboxylic acids is 1. The van der Waals surface area contributed by atoms with Gasteiger partial charge in [-0.15, -0.1) is 0 Å². The SMILES string of the molecule is CC(C)CC(CN)C(=O)NC(C)(C)C(=O)O. The minimum Gasteiger partial charge on any atom is -0.480 e. The molecule has 1 unspecified atom stereocenters. The van der Waals surface area contributed by atoms with Crippen LogP contribution >= 0.6 is 0 Å². The molecular weight excluding hydrogens is 208 g/mol. The summed E-state index contributed by atoms with van der Waals surface area (Å²) in [5, 5.41) is 11.4. The van der Waals surface area contributed by atoms with Crippen LogP contribution in [0.25, 0.3) is 0 Å². The summed E-state index contributed by atoms with van der Waals surface area (Å²) in [6, 6.07) is 0. The Morgan fingerprint density at radius 3 is 2.19 bits per heavy atom. The van der Waals surface area contributed by atoms with E-state index in [1.807, 2.05) is 13.8 Å². The molecule has 0 aliphatic rings. The Balaban J connectivity index is 4.48. The van der Waals surface area contributed by atoms with Gasteiger partial charge in [-0.05, 0) is 26.2 Å². The highest BCUT2D eigenvalue weighted by molar-refractivity contribution is 5.87. The summed E-state index contributed by atoms with van der Waals surface area (Å²) in [5.74, 6) is -1.31. The van der Waals surface area contributed by atoms with E-state index in [9.17, 15) is 9.59 Å². The lowest BCUT2D eigenvalue weighted by molar-refractivity contribution is -0.146. The van der Waals surface area contributed by atoms with Crippen LogP contribution in [0.2, 0.25) is 0 Å². The second-order valence-corrected chi connectivity index (χ2v) is 4.98. The van der Waals surface area contributed by atoms with Crippen molar-refractivity contribution >= 4 is 11.9 Å². The summed E-state index contributed by atoms with van der Waals surface area (Å²) in [5.41, 5.74) is 4.26. The number of amides is 1. The van der Waals surface area contributed by atoms with Gasteiger partial charge in [0.05, 0.1) is 5.92 Å².